The minimum absolute atomic E-state index is 0.155. The van der Waals surface area contributed by atoms with E-state index in [0.717, 1.165) is 13.8 Å². The van der Waals surface area contributed by atoms with Crippen LogP contribution in [0, 0.1) is 0 Å². The second-order valence-corrected chi connectivity index (χ2v) is 5.19. The van der Waals surface area contributed by atoms with Crippen molar-refractivity contribution < 1.29 is 38.9 Å². The van der Waals surface area contributed by atoms with E-state index in [1.54, 1.807) is 0 Å². The van der Waals surface area contributed by atoms with E-state index in [1.165, 1.54) is 36.4 Å². The normalized spacial score (nSPS) is 10.1. The van der Waals surface area contributed by atoms with Crippen LogP contribution in [0.15, 0.2) is 36.4 Å². The second kappa shape index (κ2) is 7.47. The van der Waals surface area contributed by atoms with Gasteiger partial charge < -0.3 is 19.7 Å². The Labute approximate surface area is 147 Å². The Balaban J connectivity index is 2.68. The lowest BCUT2D eigenvalue weighted by Gasteiger charge is -2.13. The molecule has 0 radical (unpaired) electrons. The minimum atomic E-state index is -1.34. The minimum Gasteiger partial charge on any atom is -0.478 e. The average Bonchev–Trinajstić information content (AvgIpc) is 2.54. The van der Waals surface area contributed by atoms with E-state index < -0.39 is 23.9 Å². The van der Waals surface area contributed by atoms with Gasteiger partial charge in [-0.2, -0.15) is 0 Å². The summed E-state index contributed by atoms with van der Waals surface area (Å²) in [4.78, 5) is 45.3. The maximum absolute atomic E-state index is 11.5. The number of carbonyl (C=O) groups excluding carboxylic acids is 2. The van der Waals surface area contributed by atoms with E-state index in [0.29, 0.717) is 0 Å². The standard InChI is InChI=1S/C18H14O8/c1-9(19)25-15-7-6-11(8-14(15)18(23)24)12-4-3-5-13(17(21)22)16(12)26-10(2)20/h3-8H,1-2H3,(H,21,22)(H,23,24). The van der Waals surface area contributed by atoms with Crippen LogP contribution in [-0.2, 0) is 9.59 Å². The maximum Gasteiger partial charge on any atom is 0.339 e. The monoisotopic (exact) mass is 358 g/mol. The fraction of sp³-hybridized carbons (Fsp3) is 0.111. The molecule has 134 valence electrons. The average molecular weight is 358 g/mol. The lowest BCUT2D eigenvalue weighted by atomic mass is 9.99. The van der Waals surface area contributed by atoms with Crippen molar-refractivity contribution in [3.63, 3.8) is 0 Å². The number of carbonyl (C=O) groups is 4. The molecule has 0 aliphatic carbocycles. The summed E-state index contributed by atoms with van der Waals surface area (Å²) in [5.74, 6) is -4.42. The Morgan fingerprint density at radius 2 is 1.42 bits per heavy atom. The van der Waals surface area contributed by atoms with Gasteiger partial charge in [-0.15, -0.1) is 0 Å². The Bertz CT molecular complexity index is 913. The van der Waals surface area contributed by atoms with Crippen LogP contribution < -0.4 is 9.47 Å². The highest BCUT2D eigenvalue weighted by Gasteiger charge is 2.21. The first kappa shape index (κ1) is 18.7. The summed E-state index contributed by atoms with van der Waals surface area (Å²) in [6.07, 6.45) is 0. The summed E-state index contributed by atoms with van der Waals surface area (Å²) >= 11 is 0. The largest absolute Gasteiger partial charge is 0.478 e. The predicted molar refractivity (Wildman–Crippen MR) is 88.4 cm³/mol. The van der Waals surface area contributed by atoms with Gasteiger partial charge in [-0.25, -0.2) is 9.59 Å². The molecule has 8 nitrogen and oxygen atoms in total. The van der Waals surface area contributed by atoms with Crippen LogP contribution >= 0.6 is 0 Å². The molecule has 0 amide bonds. The van der Waals surface area contributed by atoms with E-state index in [-0.39, 0.29) is 33.8 Å². The van der Waals surface area contributed by atoms with Crippen LogP contribution in [-0.4, -0.2) is 34.1 Å². The Kier molecular flexibility index (Phi) is 5.36. The highest BCUT2D eigenvalue weighted by Crippen LogP contribution is 2.36. The Morgan fingerprint density at radius 1 is 0.808 bits per heavy atom. The molecule has 0 saturated heterocycles. The van der Waals surface area contributed by atoms with Crippen LogP contribution in [0.25, 0.3) is 11.1 Å². The zero-order valence-corrected chi connectivity index (χ0v) is 13.8. The van der Waals surface area contributed by atoms with Gasteiger partial charge in [0, 0.05) is 19.4 Å². The molecular formula is C18H14O8. The number of para-hydroxylation sites is 1. The third kappa shape index (κ3) is 4.04. The van der Waals surface area contributed by atoms with Gasteiger partial charge in [0.15, 0.2) is 5.75 Å². The van der Waals surface area contributed by atoms with Crippen LogP contribution in [0.4, 0.5) is 0 Å². The molecule has 2 aromatic carbocycles. The molecule has 2 N–H and O–H groups in total. The van der Waals surface area contributed by atoms with Crippen molar-refractivity contribution in [3.05, 3.63) is 47.5 Å². The first-order valence-electron chi connectivity index (χ1n) is 7.31. The molecule has 0 fully saturated rings. The van der Waals surface area contributed by atoms with Gasteiger partial charge in [-0.3, -0.25) is 9.59 Å². The molecule has 0 aliphatic heterocycles. The smallest absolute Gasteiger partial charge is 0.339 e. The fourth-order valence-electron chi connectivity index (χ4n) is 2.29. The number of benzene rings is 2. The lowest BCUT2D eigenvalue weighted by Crippen LogP contribution is -2.09. The summed E-state index contributed by atoms with van der Waals surface area (Å²) < 4.78 is 9.89. The lowest BCUT2D eigenvalue weighted by molar-refractivity contribution is -0.132. The van der Waals surface area contributed by atoms with Crippen molar-refractivity contribution in [2.75, 3.05) is 0 Å². The van der Waals surface area contributed by atoms with Crippen molar-refractivity contribution in [3.8, 4) is 22.6 Å². The molecule has 0 aliphatic rings. The van der Waals surface area contributed by atoms with E-state index in [4.69, 9.17) is 9.47 Å². The van der Waals surface area contributed by atoms with Crippen molar-refractivity contribution in [1.29, 1.82) is 0 Å². The second-order valence-electron chi connectivity index (χ2n) is 5.19. The number of aromatic carboxylic acids is 2. The summed E-state index contributed by atoms with van der Waals surface area (Å²) in [5, 5.41) is 18.6. The van der Waals surface area contributed by atoms with E-state index >= 15 is 0 Å². The van der Waals surface area contributed by atoms with E-state index in [1.807, 2.05) is 0 Å². The van der Waals surface area contributed by atoms with Gasteiger partial charge in [-0.1, -0.05) is 18.2 Å². The Hall–Kier alpha value is -3.68. The number of hydrogen-bond acceptors (Lipinski definition) is 6. The van der Waals surface area contributed by atoms with Crippen molar-refractivity contribution in [1.82, 2.24) is 0 Å². The molecule has 0 heterocycles. The Morgan fingerprint density at radius 3 is 1.96 bits per heavy atom. The molecule has 0 atom stereocenters. The molecule has 0 unspecified atom stereocenters. The summed E-state index contributed by atoms with van der Waals surface area (Å²) in [6, 6.07) is 8.08. The molecular weight excluding hydrogens is 344 g/mol. The fourth-order valence-corrected chi connectivity index (χ4v) is 2.29. The first-order valence-corrected chi connectivity index (χ1v) is 7.31. The number of ether oxygens (including phenoxy) is 2. The van der Waals surface area contributed by atoms with E-state index in [9.17, 15) is 29.4 Å². The molecule has 0 spiro atoms. The zero-order valence-electron chi connectivity index (χ0n) is 13.8. The molecule has 0 saturated carbocycles. The molecule has 0 bridgehead atoms. The number of hydrogen-bond donors (Lipinski definition) is 2. The summed E-state index contributed by atoms with van der Waals surface area (Å²) in [5.41, 5.74) is -0.0690. The van der Waals surface area contributed by atoms with Gasteiger partial charge in [0.05, 0.1) is 0 Å². The molecule has 2 rings (SSSR count). The van der Waals surface area contributed by atoms with Crippen LogP contribution in [0.2, 0.25) is 0 Å². The van der Waals surface area contributed by atoms with Crippen molar-refractivity contribution in [2.45, 2.75) is 13.8 Å². The molecule has 26 heavy (non-hydrogen) atoms. The SMILES string of the molecule is CC(=O)Oc1ccc(-c2cccc(C(=O)O)c2OC(C)=O)cc1C(=O)O. The number of carboxylic acid groups (broad SMARTS) is 2. The summed E-state index contributed by atoms with van der Waals surface area (Å²) in [7, 11) is 0. The topological polar surface area (TPSA) is 127 Å². The van der Waals surface area contributed by atoms with Crippen molar-refractivity contribution in [2.24, 2.45) is 0 Å². The van der Waals surface area contributed by atoms with Crippen molar-refractivity contribution >= 4 is 23.9 Å². The number of esters is 2. The van der Waals surface area contributed by atoms with Crippen LogP contribution in [0.5, 0.6) is 11.5 Å². The summed E-state index contributed by atoms with van der Waals surface area (Å²) in [6.45, 7) is 2.25. The molecule has 8 heteroatoms. The highest BCUT2D eigenvalue weighted by molar-refractivity contribution is 5.97. The van der Waals surface area contributed by atoms with Crippen LogP contribution in [0.1, 0.15) is 34.6 Å². The third-order valence-electron chi connectivity index (χ3n) is 3.27. The molecule has 2 aromatic rings. The van der Waals surface area contributed by atoms with Gasteiger partial charge in [0.25, 0.3) is 0 Å². The van der Waals surface area contributed by atoms with Gasteiger partial charge in [0.1, 0.15) is 16.9 Å². The number of rotatable bonds is 5. The zero-order chi connectivity index (χ0) is 19.4. The predicted octanol–water partition coefficient (Wildman–Crippen LogP) is 2.60. The third-order valence-corrected chi connectivity index (χ3v) is 3.27. The molecule has 0 aromatic heterocycles. The van der Waals surface area contributed by atoms with Gasteiger partial charge in [-0.05, 0) is 23.8 Å². The van der Waals surface area contributed by atoms with Gasteiger partial charge >= 0.3 is 23.9 Å². The quantitative estimate of drug-likeness (QED) is 0.617. The number of carboxylic acids is 2. The van der Waals surface area contributed by atoms with Crippen LogP contribution in [0.3, 0.4) is 0 Å². The first-order chi connectivity index (χ1) is 12.2. The van der Waals surface area contributed by atoms with E-state index in [2.05, 4.69) is 0 Å². The highest BCUT2D eigenvalue weighted by atomic mass is 16.5. The maximum atomic E-state index is 11.5. The van der Waals surface area contributed by atoms with Gasteiger partial charge in [0.2, 0.25) is 0 Å².